The van der Waals surface area contributed by atoms with Crippen LogP contribution < -0.4 is 0 Å². The Morgan fingerprint density at radius 2 is 2.04 bits per heavy atom. The number of aliphatic hydroxyl groups is 1. The minimum absolute atomic E-state index is 0.0227. The predicted octanol–water partition coefficient (Wildman–Crippen LogP) is 3.92. The second-order valence-electron chi connectivity index (χ2n) is 6.39. The van der Waals surface area contributed by atoms with Gasteiger partial charge in [-0.05, 0) is 43.7 Å². The number of fused-ring (bicyclic) bond motifs is 1. The lowest BCUT2D eigenvalue weighted by Crippen LogP contribution is -2.30. The third kappa shape index (κ3) is 2.99. The van der Waals surface area contributed by atoms with Crippen LogP contribution in [0.25, 0.3) is 22.2 Å². The summed E-state index contributed by atoms with van der Waals surface area (Å²) in [5, 5.41) is 19.6. The molecule has 0 radical (unpaired) electrons. The summed E-state index contributed by atoms with van der Waals surface area (Å²) in [4.78, 5) is 15.5. The topological polar surface area (TPSA) is 75.4 Å². The summed E-state index contributed by atoms with van der Waals surface area (Å²) in [6, 6.07) is 7.50. The second-order valence-corrected chi connectivity index (χ2v) is 6.79. The Balaban J connectivity index is 2.33. The Morgan fingerprint density at radius 1 is 1.32 bits per heavy atom. The van der Waals surface area contributed by atoms with Crippen LogP contribution >= 0.6 is 11.6 Å². The number of rotatable bonds is 4. The normalized spacial score (nSPS) is 11.9. The first kappa shape index (κ1) is 17.4. The molecule has 2 N–H and O–H groups in total. The molecule has 0 aliphatic heterocycles. The van der Waals surface area contributed by atoms with E-state index in [1.165, 1.54) is 18.2 Å². The molecular weight excluding hydrogens is 347 g/mol. The van der Waals surface area contributed by atoms with Crippen molar-refractivity contribution in [3.05, 3.63) is 53.1 Å². The number of hydrogen-bond donors (Lipinski definition) is 2. The average molecular weight is 363 g/mol. The van der Waals surface area contributed by atoms with Gasteiger partial charge in [-0.15, -0.1) is 0 Å². The Kier molecular flexibility index (Phi) is 4.26. The van der Waals surface area contributed by atoms with Crippen molar-refractivity contribution in [1.82, 2.24) is 9.55 Å². The maximum absolute atomic E-state index is 13.9. The number of carboxylic acid groups (broad SMARTS) is 1. The number of aliphatic hydroxyl groups excluding tert-OH is 1. The second kappa shape index (κ2) is 6.13. The van der Waals surface area contributed by atoms with Gasteiger partial charge < -0.3 is 14.8 Å². The first-order valence-electron chi connectivity index (χ1n) is 7.57. The quantitative estimate of drug-likeness (QED) is 0.737. The third-order valence-electron chi connectivity index (χ3n) is 4.14. The molecule has 25 heavy (non-hydrogen) atoms. The minimum atomic E-state index is -1.14. The number of benzene rings is 1. The summed E-state index contributed by atoms with van der Waals surface area (Å²) in [5.41, 5.74) is 0.852. The number of aromatic nitrogens is 2. The van der Waals surface area contributed by atoms with E-state index in [0.717, 1.165) is 0 Å². The standard InChI is InChI=1S/C18H16ClFN2O3/c1-18(2,9-23)22-8-12(10-3-5-13(19)14(20)7-10)11-4-6-15(17(24)25)21-16(11)22/h3-8,23H,9H2,1-2H3,(H,24,25). The van der Waals surface area contributed by atoms with Gasteiger partial charge in [-0.1, -0.05) is 17.7 Å². The molecule has 1 aromatic carbocycles. The Morgan fingerprint density at radius 3 is 2.64 bits per heavy atom. The van der Waals surface area contributed by atoms with Crippen LogP contribution in [-0.2, 0) is 5.54 Å². The first-order chi connectivity index (χ1) is 11.7. The minimum Gasteiger partial charge on any atom is -0.477 e. The molecule has 5 nitrogen and oxygen atoms in total. The summed E-state index contributed by atoms with van der Waals surface area (Å²) in [7, 11) is 0. The highest BCUT2D eigenvalue weighted by molar-refractivity contribution is 6.30. The molecule has 7 heteroatoms. The van der Waals surface area contributed by atoms with Crippen LogP contribution in [0.1, 0.15) is 24.3 Å². The summed E-state index contributed by atoms with van der Waals surface area (Å²) in [5.74, 6) is -1.69. The van der Waals surface area contributed by atoms with Crippen LogP contribution in [0, 0.1) is 5.82 Å². The van der Waals surface area contributed by atoms with Crippen LogP contribution in [-0.4, -0.2) is 32.3 Å². The van der Waals surface area contributed by atoms with Gasteiger partial charge >= 0.3 is 5.97 Å². The van der Waals surface area contributed by atoms with E-state index in [4.69, 9.17) is 11.6 Å². The van der Waals surface area contributed by atoms with Crippen molar-refractivity contribution >= 4 is 28.6 Å². The number of nitrogens with zero attached hydrogens (tertiary/aromatic N) is 2. The van der Waals surface area contributed by atoms with E-state index >= 15 is 0 Å². The highest BCUT2D eigenvalue weighted by Crippen LogP contribution is 2.34. The van der Waals surface area contributed by atoms with Crippen LogP contribution in [0.5, 0.6) is 0 Å². The van der Waals surface area contributed by atoms with Crippen molar-refractivity contribution in [2.24, 2.45) is 0 Å². The summed E-state index contributed by atoms with van der Waals surface area (Å²) < 4.78 is 15.6. The zero-order chi connectivity index (χ0) is 18.4. The smallest absolute Gasteiger partial charge is 0.354 e. The SMILES string of the molecule is CC(C)(CO)n1cc(-c2ccc(Cl)c(F)c2)c2ccc(C(=O)O)nc21. The monoisotopic (exact) mass is 362 g/mol. The van der Waals surface area contributed by atoms with Gasteiger partial charge in [0.1, 0.15) is 11.5 Å². The van der Waals surface area contributed by atoms with E-state index in [2.05, 4.69) is 4.98 Å². The van der Waals surface area contributed by atoms with Crippen molar-refractivity contribution < 1.29 is 19.4 Å². The molecule has 0 spiro atoms. The number of carboxylic acids is 1. The fourth-order valence-corrected chi connectivity index (χ4v) is 2.77. The fraction of sp³-hybridized carbons (Fsp3) is 0.222. The Labute approximate surface area is 148 Å². The molecule has 2 aromatic heterocycles. The average Bonchev–Trinajstić information content (AvgIpc) is 2.97. The van der Waals surface area contributed by atoms with Crippen molar-refractivity contribution in [3.8, 4) is 11.1 Å². The molecule has 130 valence electrons. The van der Waals surface area contributed by atoms with Crippen molar-refractivity contribution in [2.75, 3.05) is 6.61 Å². The van der Waals surface area contributed by atoms with Crippen LogP contribution in [0.4, 0.5) is 4.39 Å². The van der Waals surface area contributed by atoms with E-state index in [-0.39, 0.29) is 17.3 Å². The van der Waals surface area contributed by atoms with Gasteiger partial charge in [0.2, 0.25) is 0 Å². The molecule has 0 aliphatic carbocycles. The van der Waals surface area contributed by atoms with Crippen molar-refractivity contribution in [2.45, 2.75) is 19.4 Å². The van der Waals surface area contributed by atoms with Gasteiger partial charge in [-0.3, -0.25) is 0 Å². The number of halogens is 2. The lowest BCUT2D eigenvalue weighted by Gasteiger charge is -2.24. The number of carbonyl (C=O) groups is 1. The Bertz CT molecular complexity index is 982. The molecule has 0 aliphatic rings. The van der Waals surface area contributed by atoms with Gasteiger partial charge in [0.25, 0.3) is 0 Å². The lowest BCUT2D eigenvalue weighted by atomic mass is 10.1. The van der Waals surface area contributed by atoms with Crippen LogP contribution in [0.3, 0.4) is 0 Å². The van der Waals surface area contributed by atoms with Gasteiger partial charge in [-0.2, -0.15) is 0 Å². The Hall–Kier alpha value is -2.44. The van der Waals surface area contributed by atoms with E-state index in [9.17, 15) is 19.4 Å². The number of hydrogen-bond acceptors (Lipinski definition) is 3. The highest BCUT2D eigenvalue weighted by atomic mass is 35.5. The fourth-order valence-electron chi connectivity index (χ4n) is 2.65. The molecule has 3 aromatic rings. The largest absolute Gasteiger partial charge is 0.477 e. The van der Waals surface area contributed by atoms with Crippen LogP contribution in [0.2, 0.25) is 5.02 Å². The van der Waals surface area contributed by atoms with Gasteiger partial charge in [-0.25, -0.2) is 14.2 Å². The van der Waals surface area contributed by atoms with Gasteiger partial charge in [0.05, 0.1) is 17.2 Å². The molecule has 0 unspecified atom stereocenters. The van der Waals surface area contributed by atoms with E-state index in [0.29, 0.717) is 22.2 Å². The summed E-state index contributed by atoms with van der Waals surface area (Å²) >= 11 is 5.75. The maximum atomic E-state index is 13.9. The molecule has 0 saturated heterocycles. The molecule has 2 heterocycles. The van der Waals surface area contributed by atoms with E-state index < -0.39 is 17.3 Å². The first-order valence-corrected chi connectivity index (χ1v) is 7.94. The maximum Gasteiger partial charge on any atom is 0.354 e. The molecule has 0 saturated carbocycles. The van der Waals surface area contributed by atoms with E-state index in [1.54, 1.807) is 36.7 Å². The zero-order valence-electron chi connectivity index (χ0n) is 13.6. The van der Waals surface area contributed by atoms with Crippen molar-refractivity contribution in [3.63, 3.8) is 0 Å². The molecular formula is C18H16ClFN2O3. The van der Waals surface area contributed by atoms with Gasteiger partial charge in [0, 0.05) is 17.1 Å². The van der Waals surface area contributed by atoms with E-state index in [1.807, 2.05) is 0 Å². The number of aromatic carboxylic acids is 1. The molecule has 3 rings (SSSR count). The summed E-state index contributed by atoms with van der Waals surface area (Å²) in [6.07, 6.45) is 1.74. The number of pyridine rings is 1. The van der Waals surface area contributed by atoms with Crippen molar-refractivity contribution in [1.29, 1.82) is 0 Å². The third-order valence-corrected chi connectivity index (χ3v) is 4.45. The molecule has 0 atom stereocenters. The lowest BCUT2D eigenvalue weighted by molar-refractivity contribution is 0.0690. The molecule has 0 fully saturated rings. The predicted molar refractivity (Wildman–Crippen MR) is 93.5 cm³/mol. The zero-order valence-corrected chi connectivity index (χ0v) is 14.4. The molecule has 0 bridgehead atoms. The van der Waals surface area contributed by atoms with Gasteiger partial charge in [0.15, 0.2) is 5.69 Å². The van der Waals surface area contributed by atoms with Crippen LogP contribution in [0.15, 0.2) is 36.5 Å². The highest BCUT2D eigenvalue weighted by Gasteiger charge is 2.25. The molecule has 0 amide bonds. The summed E-state index contributed by atoms with van der Waals surface area (Å²) in [6.45, 7) is 3.42.